The van der Waals surface area contributed by atoms with Crippen molar-refractivity contribution in [2.24, 2.45) is 0 Å². The van der Waals surface area contributed by atoms with Crippen molar-refractivity contribution in [1.29, 1.82) is 0 Å². The van der Waals surface area contributed by atoms with Crippen LogP contribution in [0.3, 0.4) is 0 Å². The summed E-state index contributed by atoms with van der Waals surface area (Å²) in [5.74, 6) is -0.616. The van der Waals surface area contributed by atoms with Gasteiger partial charge in [-0.25, -0.2) is 4.39 Å². The van der Waals surface area contributed by atoms with Gasteiger partial charge in [-0.2, -0.15) is 0 Å². The van der Waals surface area contributed by atoms with Crippen LogP contribution < -0.4 is 10.6 Å². The van der Waals surface area contributed by atoms with E-state index in [0.717, 1.165) is 5.56 Å². The second-order valence-corrected chi connectivity index (χ2v) is 4.66. The monoisotopic (exact) mass is 292 g/mol. The Morgan fingerprint density at radius 3 is 2.70 bits per heavy atom. The van der Waals surface area contributed by atoms with Crippen LogP contribution in [-0.2, 0) is 11.3 Å². The van der Waals surface area contributed by atoms with Crippen LogP contribution in [-0.4, -0.2) is 12.5 Å². The molecule has 2 aromatic carbocycles. The molecule has 0 spiro atoms. The van der Waals surface area contributed by atoms with Gasteiger partial charge in [-0.3, -0.25) is 4.79 Å². The number of hydrogen-bond donors (Lipinski definition) is 2. The molecule has 2 aromatic rings. The van der Waals surface area contributed by atoms with Crippen molar-refractivity contribution in [2.75, 3.05) is 11.9 Å². The minimum atomic E-state index is -0.383. The fourth-order valence-electron chi connectivity index (χ4n) is 1.72. The van der Waals surface area contributed by atoms with Gasteiger partial charge in [0.25, 0.3) is 0 Å². The number of benzene rings is 2. The van der Waals surface area contributed by atoms with Crippen LogP contribution in [0, 0.1) is 5.82 Å². The quantitative estimate of drug-likeness (QED) is 0.888. The van der Waals surface area contributed by atoms with E-state index in [2.05, 4.69) is 10.6 Å². The first-order chi connectivity index (χ1) is 9.65. The molecule has 20 heavy (non-hydrogen) atoms. The first kappa shape index (κ1) is 14.5. The molecular formula is C15H14ClFN2O. The van der Waals surface area contributed by atoms with Gasteiger partial charge in [0.1, 0.15) is 5.82 Å². The van der Waals surface area contributed by atoms with Crippen molar-refractivity contribution < 1.29 is 9.18 Å². The maximum atomic E-state index is 13.0. The van der Waals surface area contributed by atoms with Crippen molar-refractivity contribution in [2.45, 2.75) is 6.54 Å². The Labute approximate surface area is 121 Å². The highest BCUT2D eigenvalue weighted by Gasteiger charge is 2.04. The minimum Gasteiger partial charge on any atom is -0.325 e. The molecule has 0 atom stereocenters. The fraction of sp³-hybridized carbons (Fsp3) is 0.133. The van der Waals surface area contributed by atoms with Crippen LogP contribution in [0.5, 0.6) is 0 Å². The Bertz CT molecular complexity index is 604. The third kappa shape index (κ3) is 4.33. The maximum absolute atomic E-state index is 13.0. The highest BCUT2D eigenvalue weighted by atomic mass is 35.5. The van der Waals surface area contributed by atoms with E-state index in [9.17, 15) is 9.18 Å². The fourth-order valence-corrected chi connectivity index (χ4v) is 1.93. The summed E-state index contributed by atoms with van der Waals surface area (Å²) >= 11 is 6.00. The number of carbonyl (C=O) groups is 1. The Kier molecular flexibility index (Phi) is 5.09. The Hall–Kier alpha value is -1.91. The summed E-state index contributed by atoms with van der Waals surface area (Å²) < 4.78 is 13.0. The first-order valence-corrected chi connectivity index (χ1v) is 6.52. The van der Waals surface area contributed by atoms with Crippen LogP contribution >= 0.6 is 11.6 Å². The van der Waals surface area contributed by atoms with Crippen molar-refractivity contribution in [3.8, 4) is 0 Å². The number of nitrogens with one attached hydrogen (secondary N) is 2. The number of carbonyl (C=O) groups excluding carboxylic acids is 1. The van der Waals surface area contributed by atoms with Gasteiger partial charge in [-0.15, -0.1) is 0 Å². The lowest BCUT2D eigenvalue weighted by atomic mass is 10.2. The molecule has 0 radical (unpaired) electrons. The molecule has 0 heterocycles. The van der Waals surface area contributed by atoms with Gasteiger partial charge in [0.15, 0.2) is 0 Å². The zero-order valence-electron chi connectivity index (χ0n) is 10.7. The maximum Gasteiger partial charge on any atom is 0.238 e. The third-order valence-corrected chi connectivity index (χ3v) is 3.04. The standard InChI is InChI=1S/C15H14ClFN2O/c16-14-7-2-1-4-11(14)9-18-10-15(20)19-13-6-3-5-12(17)8-13/h1-8,18H,9-10H2,(H,19,20). The SMILES string of the molecule is O=C(CNCc1ccccc1Cl)Nc1cccc(F)c1. The Balaban J connectivity index is 1.80. The largest absolute Gasteiger partial charge is 0.325 e. The van der Waals surface area contributed by atoms with Gasteiger partial charge in [-0.1, -0.05) is 35.9 Å². The topological polar surface area (TPSA) is 41.1 Å². The van der Waals surface area contributed by atoms with E-state index in [-0.39, 0.29) is 18.3 Å². The summed E-state index contributed by atoms with van der Waals surface area (Å²) in [6.45, 7) is 0.623. The molecule has 2 rings (SSSR count). The summed E-state index contributed by atoms with van der Waals surface area (Å²) in [5.41, 5.74) is 1.36. The van der Waals surface area contributed by atoms with Gasteiger partial charge >= 0.3 is 0 Å². The molecular weight excluding hydrogens is 279 g/mol. The molecule has 3 nitrogen and oxygen atoms in total. The van der Waals surface area contributed by atoms with Crippen molar-refractivity contribution in [3.05, 3.63) is 64.9 Å². The molecule has 0 bridgehead atoms. The number of rotatable bonds is 5. The zero-order valence-corrected chi connectivity index (χ0v) is 11.5. The van der Waals surface area contributed by atoms with Gasteiger partial charge in [0.2, 0.25) is 5.91 Å². The summed E-state index contributed by atoms with van der Waals surface area (Å²) in [5, 5.41) is 6.25. The highest BCUT2D eigenvalue weighted by Crippen LogP contribution is 2.14. The van der Waals surface area contributed by atoms with E-state index in [4.69, 9.17) is 11.6 Å². The lowest BCUT2D eigenvalue weighted by molar-refractivity contribution is -0.115. The summed E-state index contributed by atoms with van der Waals surface area (Å²) in [6, 6.07) is 13.2. The number of halogens is 2. The van der Waals surface area contributed by atoms with E-state index in [0.29, 0.717) is 17.3 Å². The van der Waals surface area contributed by atoms with E-state index in [1.807, 2.05) is 18.2 Å². The molecule has 0 aliphatic rings. The predicted molar refractivity (Wildman–Crippen MR) is 78.2 cm³/mol. The van der Waals surface area contributed by atoms with E-state index in [1.54, 1.807) is 18.2 Å². The molecule has 0 saturated heterocycles. The summed E-state index contributed by atoms with van der Waals surface area (Å²) in [7, 11) is 0. The molecule has 2 N–H and O–H groups in total. The number of hydrogen-bond acceptors (Lipinski definition) is 2. The second-order valence-electron chi connectivity index (χ2n) is 4.25. The lowest BCUT2D eigenvalue weighted by Gasteiger charge is -2.08. The van der Waals surface area contributed by atoms with Gasteiger partial charge in [-0.05, 0) is 29.8 Å². The minimum absolute atomic E-state index is 0.127. The van der Waals surface area contributed by atoms with Crippen LogP contribution in [0.15, 0.2) is 48.5 Å². The van der Waals surface area contributed by atoms with Crippen LogP contribution in [0.1, 0.15) is 5.56 Å². The Morgan fingerprint density at radius 2 is 1.95 bits per heavy atom. The molecule has 0 unspecified atom stereocenters. The average Bonchev–Trinajstić information content (AvgIpc) is 2.41. The normalized spacial score (nSPS) is 10.3. The predicted octanol–water partition coefficient (Wildman–Crippen LogP) is 3.21. The highest BCUT2D eigenvalue weighted by molar-refractivity contribution is 6.31. The van der Waals surface area contributed by atoms with Crippen LogP contribution in [0.2, 0.25) is 5.02 Å². The Morgan fingerprint density at radius 1 is 1.15 bits per heavy atom. The summed E-state index contributed by atoms with van der Waals surface area (Å²) in [6.07, 6.45) is 0. The lowest BCUT2D eigenvalue weighted by Crippen LogP contribution is -2.27. The average molecular weight is 293 g/mol. The van der Waals surface area contributed by atoms with Crippen LogP contribution in [0.4, 0.5) is 10.1 Å². The molecule has 0 saturated carbocycles. The van der Waals surface area contributed by atoms with E-state index < -0.39 is 0 Å². The molecule has 0 aliphatic heterocycles. The molecule has 1 amide bonds. The molecule has 5 heteroatoms. The van der Waals surface area contributed by atoms with Crippen molar-refractivity contribution >= 4 is 23.2 Å². The first-order valence-electron chi connectivity index (χ1n) is 6.15. The molecule has 0 aromatic heterocycles. The van der Waals surface area contributed by atoms with E-state index in [1.165, 1.54) is 12.1 Å². The van der Waals surface area contributed by atoms with E-state index >= 15 is 0 Å². The van der Waals surface area contributed by atoms with Gasteiger partial charge in [0, 0.05) is 17.3 Å². The van der Waals surface area contributed by atoms with Gasteiger partial charge < -0.3 is 10.6 Å². The molecule has 0 aliphatic carbocycles. The van der Waals surface area contributed by atoms with Crippen LogP contribution in [0.25, 0.3) is 0 Å². The number of anilines is 1. The van der Waals surface area contributed by atoms with Gasteiger partial charge in [0.05, 0.1) is 6.54 Å². The molecule has 0 fully saturated rings. The third-order valence-electron chi connectivity index (χ3n) is 2.67. The number of amides is 1. The smallest absolute Gasteiger partial charge is 0.238 e. The van der Waals surface area contributed by atoms with Crippen molar-refractivity contribution in [3.63, 3.8) is 0 Å². The van der Waals surface area contributed by atoms with Crippen molar-refractivity contribution in [1.82, 2.24) is 5.32 Å². The zero-order chi connectivity index (χ0) is 14.4. The summed E-state index contributed by atoms with van der Waals surface area (Å²) in [4.78, 5) is 11.7. The molecule has 104 valence electrons. The second kappa shape index (κ2) is 7.03.